The van der Waals surface area contributed by atoms with Crippen molar-refractivity contribution < 1.29 is 9.59 Å². The van der Waals surface area contributed by atoms with Gasteiger partial charge in [-0.2, -0.15) is 0 Å². The summed E-state index contributed by atoms with van der Waals surface area (Å²) in [6.45, 7) is 1.27. The van der Waals surface area contributed by atoms with E-state index in [0.717, 1.165) is 43.5 Å². The average molecular weight is 287 g/mol. The van der Waals surface area contributed by atoms with Crippen molar-refractivity contribution in [3.8, 4) is 0 Å². The molecule has 0 bridgehead atoms. The van der Waals surface area contributed by atoms with Crippen molar-refractivity contribution >= 4 is 17.6 Å². The highest BCUT2D eigenvalue weighted by Gasteiger charge is 2.23. The van der Waals surface area contributed by atoms with Crippen molar-refractivity contribution in [1.82, 2.24) is 10.6 Å². The summed E-state index contributed by atoms with van der Waals surface area (Å²) in [5, 5.41) is 5.75. The zero-order valence-electron chi connectivity index (χ0n) is 12.1. The molecule has 5 heteroatoms. The van der Waals surface area contributed by atoms with E-state index in [0.29, 0.717) is 19.0 Å². The highest BCUT2D eigenvalue weighted by molar-refractivity contribution is 5.94. The van der Waals surface area contributed by atoms with Crippen LogP contribution in [0.3, 0.4) is 0 Å². The minimum Gasteiger partial charge on any atom is -0.335 e. The summed E-state index contributed by atoms with van der Waals surface area (Å²) in [6.07, 6.45) is 4.84. The molecule has 112 valence electrons. The summed E-state index contributed by atoms with van der Waals surface area (Å²) in [5.74, 6) is 0.192. The predicted octanol–water partition coefficient (Wildman–Crippen LogP) is 2.17. The van der Waals surface area contributed by atoms with Gasteiger partial charge in [0.15, 0.2) is 0 Å². The molecule has 1 aliphatic carbocycles. The molecule has 0 unspecified atom stereocenters. The first-order valence-corrected chi connectivity index (χ1v) is 7.66. The van der Waals surface area contributed by atoms with Crippen LogP contribution in [0.25, 0.3) is 0 Å². The van der Waals surface area contributed by atoms with Crippen LogP contribution in [0.2, 0.25) is 0 Å². The van der Waals surface area contributed by atoms with Gasteiger partial charge in [-0.25, -0.2) is 4.79 Å². The third-order valence-corrected chi connectivity index (χ3v) is 3.91. The van der Waals surface area contributed by atoms with Crippen molar-refractivity contribution in [3.05, 3.63) is 29.8 Å². The predicted molar refractivity (Wildman–Crippen MR) is 81.0 cm³/mol. The molecule has 3 rings (SSSR count). The number of hydrogen-bond donors (Lipinski definition) is 2. The van der Waals surface area contributed by atoms with Gasteiger partial charge in [0.05, 0.1) is 0 Å². The highest BCUT2D eigenvalue weighted by Crippen LogP contribution is 2.22. The number of nitrogens with one attached hydrogen (secondary N) is 2. The second kappa shape index (κ2) is 6.16. The van der Waals surface area contributed by atoms with Crippen LogP contribution < -0.4 is 15.5 Å². The Kier molecular flexibility index (Phi) is 4.08. The average Bonchev–Trinajstić information content (AvgIpc) is 3.30. The van der Waals surface area contributed by atoms with Gasteiger partial charge in [0.2, 0.25) is 5.91 Å². The van der Waals surface area contributed by atoms with E-state index >= 15 is 0 Å². The van der Waals surface area contributed by atoms with Crippen LogP contribution in [0.4, 0.5) is 10.5 Å². The number of nitrogens with zero attached hydrogens (tertiary/aromatic N) is 1. The molecule has 1 aromatic carbocycles. The lowest BCUT2D eigenvalue weighted by Gasteiger charge is -2.27. The molecule has 1 heterocycles. The van der Waals surface area contributed by atoms with Crippen LogP contribution in [0.5, 0.6) is 0 Å². The summed E-state index contributed by atoms with van der Waals surface area (Å²) in [6, 6.07) is 8.10. The fraction of sp³-hybridized carbons (Fsp3) is 0.500. The summed E-state index contributed by atoms with van der Waals surface area (Å²) in [5.41, 5.74) is 1.94. The van der Waals surface area contributed by atoms with Crippen LogP contribution in [0, 0.1) is 0 Å². The van der Waals surface area contributed by atoms with Gasteiger partial charge in [0.1, 0.15) is 0 Å². The van der Waals surface area contributed by atoms with E-state index in [4.69, 9.17) is 0 Å². The Morgan fingerprint density at radius 1 is 1.29 bits per heavy atom. The largest absolute Gasteiger partial charge is 0.335 e. The van der Waals surface area contributed by atoms with E-state index in [1.165, 1.54) is 0 Å². The minimum atomic E-state index is -0.114. The van der Waals surface area contributed by atoms with Gasteiger partial charge in [0, 0.05) is 31.2 Å². The van der Waals surface area contributed by atoms with Gasteiger partial charge in [-0.1, -0.05) is 12.1 Å². The van der Waals surface area contributed by atoms with Crippen LogP contribution in [-0.2, 0) is 11.3 Å². The first-order valence-electron chi connectivity index (χ1n) is 7.66. The van der Waals surface area contributed by atoms with Crippen LogP contribution >= 0.6 is 0 Å². The van der Waals surface area contributed by atoms with Crippen molar-refractivity contribution in [3.63, 3.8) is 0 Å². The SMILES string of the molecule is O=C(NCc1cccc(N2CCCCC2=O)c1)NC1CC1. The molecule has 0 spiro atoms. The van der Waals surface area contributed by atoms with Crippen LogP contribution in [0.1, 0.15) is 37.7 Å². The number of piperidine rings is 1. The summed E-state index contributed by atoms with van der Waals surface area (Å²) in [7, 11) is 0. The molecule has 0 radical (unpaired) electrons. The lowest BCUT2D eigenvalue weighted by atomic mass is 10.1. The molecule has 21 heavy (non-hydrogen) atoms. The maximum Gasteiger partial charge on any atom is 0.315 e. The number of urea groups is 1. The zero-order chi connectivity index (χ0) is 14.7. The maximum absolute atomic E-state index is 11.9. The van der Waals surface area contributed by atoms with E-state index in [-0.39, 0.29) is 11.9 Å². The van der Waals surface area contributed by atoms with Gasteiger partial charge in [-0.3, -0.25) is 4.79 Å². The molecule has 1 aliphatic heterocycles. The second-order valence-electron chi connectivity index (χ2n) is 5.77. The van der Waals surface area contributed by atoms with E-state index in [9.17, 15) is 9.59 Å². The zero-order valence-corrected chi connectivity index (χ0v) is 12.1. The molecule has 1 saturated heterocycles. The molecule has 0 atom stereocenters. The summed E-state index contributed by atoms with van der Waals surface area (Å²) in [4.78, 5) is 25.4. The Morgan fingerprint density at radius 3 is 2.90 bits per heavy atom. The molecule has 0 aromatic heterocycles. The van der Waals surface area contributed by atoms with E-state index in [1.54, 1.807) is 0 Å². The normalized spacial score (nSPS) is 18.5. The third kappa shape index (κ3) is 3.74. The number of carbonyl (C=O) groups excluding carboxylic acids is 2. The molecule has 5 nitrogen and oxygen atoms in total. The van der Waals surface area contributed by atoms with Crippen molar-refractivity contribution in [2.24, 2.45) is 0 Å². The second-order valence-corrected chi connectivity index (χ2v) is 5.77. The molecular formula is C16H21N3O2. The van der Waals surface area contributed by atoms with Crippen molar-refractivity contribution in [2.75, 3.05) is 11.4 Å². The maximum atomic E-state index is 11.9. The molecule has 1 aromatic rings. The fourth-order valence-electron chi connectivity index (χ4n) is 2.56. The minimum absolute atomic E-state index is 0.114. The van der Waals surface area contributed by atoms with Crippen molar-refractivity contribution in [1.29, 1.82) is 0 Å². The van der Waals surface area contributed by atoms with E-state index in [2.05, 4.69) is 10.6 Å². The first kappa shape index (κ1) is 13.9. The number of benzene rings is 1. The van der Waals surface area contributed by atoms with E-state index < -0.39 is 0 Å². The topological polar surface area (TPSA) is 61.4 Å². The highest BCUT2D eigenvalue weighted by atomic mass is 16.2. The third-order valence-electron chi connectivity index (χ3n) is 3.91. The monoisotopic (exact) mass is 287 g/mol. The standard InChI is InChI=1S/C16H21N3O2/c20-15-6-1-2-9-19(15)14-5-3-4-12(10-14)11-17-16(21)18-13-7-8-13/h3-5,10,13H,1-2,6-9,11H2,(H2,17,18,21). The fourth-order valence-corrected chi connectivity index (χ4v) is 2.56. The summed E-state index contributed by atoms with van der Waals surface area (Å²) >= 11 is 0. The van der Waals surface area contributed by atoms with Crippen molar-refractivity contribution in [2.45, 2.75) is 44.7 Å². The van der Waals surface area contributed by atoms with Gasteiger partial charge in [-0.15, -0.1) is 0 Å². The lowest BCUT2D eigenvalue weighted by Crippen LogP contribution is -2.36. The van der Waals surface area contributed by atoms with Gasteiger partial charge in [0.25, 0.3) is 0 Å². The van der Waals surface area contributed by atoms with Crippen LogP contribution in [0.15, 0.2) is 24.3 Å². The Balaban J connectivity index is 1.59. The first-order chi connectivity index (χ1) is 10.2. The molecule has 3 amide bonds. The Labute approximate surface area is 124 Å². The summed E-state index contributed by atoms with van der Waals surface area (Å²) < 4.78 is 0. The van der Waals surface area contributed by atoms with Crippen LogP contribution in [-0.4, -0.2) is 24.5 Å². The molecule has 2 aliphatic rings. The Morgan fingerprint density at radius 2 is 2.14 bits per heavy atom. The van der Waals surface area contributed by atoms with Gasteiger partial charge >= 0.3 is 6.03 Å². The number of anilines is 1. The van der Waals surface area contributed by atoms with Gasteiger partial charge in [-0.05, 0) is 43.4 Å². The van der Waals surface area contributed by atoms with E-state index in [1.807, 2.05) is 29.2 Å². The smallest absolute Gasteiger partial charge is 0.315 e. The lowest BCUT2D eigenvalue weighted by molar-refractivity contribution is -0.119. The Hall–Kier alpha value is -2.04. The molecular weight excluding hydrogens is 266 g/mol. The number of rotatable bonds is 4. The Bertz CT molecular complexity index is 540. The van der Waals surface area contributed by atoms with Gasteiger partial charge < -0.3 is 15.5 Å². The molecule has 2 fully saturated rings. The quantitative estimate of drug-likeness (QED) is 0.891. The number of carbonyl (C=O) groups is 2. The molecule has 2 N–H and O–H groups in total. The number of hydrogen-bond acceptors (Lipinski definition) is 2. The number of amides is 3. The molecule has 1 saturated carbocycles.